The summed E-state index contributed by atoms with van der Waals surface area (Å²) in [7, 11) is 0. The number of hydrogen-bond donors (Lipinski definition) is 2. The molecule has 96 valence electrons. The van der Waals surface area contributed by atoms with E-state index in [1.165, 1.54) is 12.0 Å². The average Bonchev–Trinajstić information content (AvgIpc) is 2.27. The van der Waals surface area contributed by atoms with E-state index in [0.29, 0.717) is 17.6 Å². The third-order valence-corrected chi connectivity index (χ3v) is 3.00. The first kappa shape index (κ1) is 14.0. The van der Waals surface area contributed by atoms with Gasteiger partial charge in [0, 0.05) is 0 Å². The van der Waals surface area contributed by atoms with E-state index in [1.54, 1.807) is 6.07 Å². The maximum absolute atomic E-state index is 9.43. The molecule has 2 N–H and O–H groups in total. The van der Waals surface area contributed by atoms with Gasteiger partial charge >= 0.3 is 0 Å². The Hall–Kier alpha value is -1.02. The molecule has 0 fully saturated rings. The molecule has 1 unspecified atom stereocenters. The first-order valence-electron chi connectivity index (χ1n) is 6.60. The molecule has 0 heterocycles. The Kier molecular flexibility index (Phi) is 6.06. The highest BCUT2D eigenvalue weighted by molar-refractivity contribution is 5.27. The fraction of sp³-hybridized carbons (Fsp3) is 0.600. The summed E-state index contributed by atoms with van der Waals surface area (Å²) in [4.78, 5) is 0. The third kappa shape index (κ3) is 5.73. The van der Waals surface area contributed by atoms with Crippen molar-refractivity contribution in [3.8, 4) is 5.75 Å². The number of benzene rings is 1. The number of phenolic OH excluding ortho intramolecular Hbond substituents is 1. The van der Waals surface area contributed by atoms with Crippen LogP contribution in [0.2, 0.25) is 0 Å². The van der Waals surface area contributed by atoms with Gasteiger partial charge in [0.2, 0.25) is 0 Å². The number of nitrogens with one attached hydrogen (secondary N) is 1. The van der Waals surface area contributed by atoms with Gasteiger partial charge in [-0.3, -0.25) is 0 Å². The molecule has 2 nitrogen and oxygen atoms in total. The molecule has 0 bridgehead atoms. The lowest BCUT2D eigenvalue weighted by Gasteiger charge is -2.17. The van der Waals surface area contributed by atoms with Crippen LogP contribution in [0, 0.1) is 11.8 Å². The molecular weight excluding hydrogens is 210 g/mol. The van der Waals surface area contributed by atoms with E-state index in [9.17, 15) is 5.11 Å². The molecule has 2 heteroatoms. The van der Waals surface area contributed by atoms with E-state index in [-0.39, 0.29) is 0 Å². The maximum atomic E-state index is 9.43. The smallest absolute Gasteiger partial charge is 0.115 e. The topological polar surface area (TPSA) is 32.3 Å². The highest BCUT2D eigenvalue weighted by Gasteiger charge is 2.08. The second-order valence-electron chi connectivity index (χ2n) is 5.20. The van der Waals surface area contributed by atoms with Crippen molar-refractivity contribution in [2.75, 3.05) is 13.1 Å². The molecule has 1 aromatic rings. The van der Waals surface area contributed by atoms with Crippen LogP contribution in [-0.2, 0) is 6.42 Å². The Balaban J connectivity index is 2.41. The van der Waals surface area contributed by atoms with Crippen LogP contribution in [0.25, 0.3) is 0 Å². The van der Waals surface area contributed by atoms with E-state index in [2.05, 4.69) is 32.2 Å². The SMILES string of the molecule is CCC(CNCC(C)C)Cc1cccc(O)c1. The van der Waals surface area contributed by atoms with Crippen LogP contribution in [0.3, 0.4) is 0 Å². The molecule has 0 spiro atoms. The van der Waals surface area contributed by atoms with E-state index in [4.69, 9.17) is 0 Å². The number of hydrogen-bond acceptors (Lipinski definition) is 2. The van der Waals surface area contributed by atoms with Crippen molar-refractivity contribution in [3.05, 3.63) is 29.8 Å². The van der Waals surface area contributed by atoms with Gasteiger partial charge in [0.15, 0.2) is 0 Å². The third-order valence-electron chi connectivity index (χ3n) is 3.00. The van der Waals surface area contributed by atoms with Crippen molar-refractivity contribution < 1.29 is 5.11 Å². The summed E-state index contributed by atoms with van der Waals surface area (Å²) >= 11 is 0. The van der Waals surface area contributed by atoms with Crippen LogP contribution in [0.5, 0.6) is 5.75 Å². The Bertz CT molecular complexity index is 322. The summed E-state index contributed by atoms with van der Waals surface area (Å²) in [6.07, 6.45) is 2.21. The molecule has 1 atom stereocenters. The van der Waals surface area contributed by atoms with E-state index in [1.807, 2.05) is 12.1 Å². The minimum atomic E-state index is 0.368. The van der Waals surface area contributed by atoms with Crippen LogP contribution in [0.4, 0.5) is 0 Å². The molecule has 0 saturated carbocycles. The first-order valence-corrected chi connectivity index (χ1v) is 6.60. The van der Waals surface area contributed by atoms with Gasteiger partial charge in [0.05, 0.1) is 0 Å². The van der Waals surface area contributed by atoms with E-state index < -0.39 is 0 Å². The van der Waals surface area contributed by atoms with Crippen molar-refractivity contribution in [1.29, 1.82) is 0 Å². The fourth-order valence-electron chi connectivity index (χ4n) is 1.95. The van der Waals surface area contributed by atoms with Crippen molar-refractivity contribution in [1.82, 2.24) is 5.32 Å². The number of phenols is 1. The van der Waals surface area contributed by atoms with Gasteiger partial charge in [-0.25, -0.2) is 0 Å². The van der Waals surface area contributed by atoms with Crippen LogP contribution in [0.15, 0.2) is 24.3 Å². The molecular formula is C15H25NO. The van der Waals surface area contributed by atoms with Crippen molar-refractivity contribution in [3.63, 3.8) is 0 Å². The van der Waals surface area contributed by atoms with Gasteiger partial charge < -0.3 is 10.4 Å². The maximum Gasteiger partial charge on any atom is 0.115 e. The summed E-state index contributed by atoms with van der Waals surface area (Å²) < 4.78 is 0. The first-order chi connectivity index (χ1) is 8.11. The fourth-order valence-corrected chi connectivity index (χ4v) is 1.95. The predicted octanol–water partition coefficient (Wildman–Crippen LogP) is 3.21. The van der Waals surface area contributed by atoms with E-state index >= 15 is 0 Å². The lowest BCUT2D eigenvalue weighted by molar-refractivity contribution is 0.435. The molecule has 0 radical (unpaired) electrons. The van der Waals surface area contributed by atoms with Gasteiger partial charge in [0.1, 0.15) is 5.75 Å². The molecule has 0 aliphatic rings. The molecule has 0 aliphatic carbocycles. The molecule has 17 heavy (non-hydrogen) atoms. The number of aromatic hydroxyl groups is 1. The van der Waals surface area contributed by atoms with Gasteiger partial charge in [-0.15, -0.1) is 0 Å². The Morgan fingerprint density at radius 3 is 2.59 bits per heavy atom. The molecule has 0 aliphatic heterocycles. The molecule has 1 rings (SSSR count). The normalized spacial score (nSPS) is 12.9. The summed E-state index contributed by atoms with van der Waals surface area (Å²) in [5.41, 5.74) is 1.23. The second-order valence-corrected chi connectivity index (χ2v) is 5.20. The zero-order valence-electron chi connectivity index (χ0n) is 11.2. The summed E-state index contributed by atoms with van der Waals surface area (Å²) in [5.74, 6) is 1.72. The second kappa shape index (κ2) is 7.33. The molecule has 1 aromatic carbocycles. The van der Waals surface area contributed by atoms with Crippen LogP contribution >= 0.6 is 0 Å². The molecule has 0 saturated heterocycles. The lowest BCUT2D eigenvalue weighted by Crippen LogP contribution is -2.27. The quantitative estimate of drug-likeness (QED) is 0.760. The lowest BCUT2D eigenvalue weighted by atomic mass is 9.96. The van der Waals surface area contributed by atoms with Crippen molar-refractivity contribution >= 4 is 0 Å². The van der Waals surface area contributed by atoms with Gasteiger partial charge in [-0.1, -0.05) is 39.3 Å². The summed E-state index contributed by atoms with van der Waals surface area (Å²) in [6, 6.07) is 7.59. The predicted molar refractivity (Wildman–Crippen MR) is 73.3 cm³/mol. The Morgan fingerprint density at radius 1 is 1.24 bits per heavy atom. The van der Waals surface area contributed by atoms with Gasteiger partial charge in [0.25, 0.3) is 0 Å². The largest absolute Gasteiger partial charge is 0.508 e. The highest BCUT2D eigenvalue weighted by Crippen LogP contribution is 2.16. The van der Waals surface area contributed by atoms with Gasteiger partial charge in [-0.2, -0.15) is 0 Å². The van der Waals surface area contributed by atoms with Crippen LogP contribution in [-0.4, -0.2) is 18.2 Å². The Morgan fingerprint density at radius 2 is 2.00 bits per heavy atom. The van der Waals surface area contributed by atoms with Crippen molar-refractivity contribution in [2.24, 2.45) is 11.8 Å². The van der Waals surface area contributed by atoms with Gasteiger partial charge in [-0.05, 0) is 49.0 Å². The average molecular weight is 235 g/mol. The Labute approximate surface area is 105 Å². The standard InChI is InChI=1S/C15H25NO/c1-4-13(11-16-10-12(2)3)8-14-6-5-7-15(17)9-14/h5-7,9,12-13,16-17H,4,8,10-11H2,1-3H3. The zero-order valence-corrected chi connectivity index (χ0v) is 11.2. The van der Waals surface area contributed by atoms with E-state index in [0.717, 1.165) is 19.5 Å². The minimum Gasteiger partial charge on any atom is -0.508 e. The molecule has 0 amide bonds. The summed E-state index contributed by atoms with van der Waals surface area (Å²) in [6.45, 7) is 8.82. The van der Waals surface area contributed by atoms with Crippen LogP contribution in [0.1, 0.15) is 32.8 Å². The van der Waals surface area contributed by atoms with Crippen molar-refractivity contribution in [2.45, 2.75) is 33.6 Å². The zero-order chi connectivity index (χ0) is 12.7. The highest BCUT2D eigenvalue weighted by atomic mass is 16.3. The minimum absolute atomic E-state index is 0.368. The van der Waals surface area contributed by atoms with Crippen LogP contribution < -0.4 is 5.32 Å². The molecule has 0 aromatic heterocycles. The summed E-state index contributed by atoms with van der Waals surface area (Å²) in [5, 5.41) is 12.9. The number of rotatable bonds is 7. The monoisotopic (exact) mass is 235 g/mol.